The van der Waals surface area contributed by atoms with E-state index in [9.17, 15) is 14.4 Å². The second-order valence-corrected chi connectivity index (χ2v) is 4.86. The van der Waals surface area contributed by atoms with Crippen LogP contribution in [-0.2, 0) is 9.59 Å². The molecule has 1 atom stereocenters. The summed E-state index contributed by atoms with van der Waals surface area (Å²) in [7, 11) is 0. The Morgan fingerprint density at radius 2 is 2.00 bits per heavy atom. The third kappa shape index (κ3) is 2.67. The molecule has 0 aliphatic heterocycles. The maximum atomic E-state index is 11.9. The Morgan fingerprint density at radius 3 is 2.61 bits per heavy atom. The second kappa shape index (κ2) is 5.44. The Morgan fingerprint density at radius 1 is 1.28 bits per heavy atom. The van der Waals surface area contributed by atoms with E-state index in [1.165, 1.54) is 0 Å². The Hall–Kier alpha value is -1.48. The average Bonchev–Trinajstić information content (AvgIpc) is 2.76. The smallest absolute Gasteiger partial charge is 0.171 e. The molecule has 2 rings (SSSR count). The summed E-state index contributed by atoms with van der Waals surface area (Å²) >= 11 is 5.89. The van der Waals surface area contributed by atoms with Gasteiger partial charge in [-0.25, -0.2) is 0 Å². The minimum Gasteiger partial charge on any atom is -0.299 e. The highest BCUT2D eigenvalue weighted by Gasteiger charge is 2.31. The number of hydrogen-bond donors (Lipinski definition) is 0. The lowest BCUT2D eigenvalue weighted by atomic mass is 9.95. The minimum absolute atomic E-state index is 0.0352. The van der Waals surface area contributed by atoms with Gasteiger partial charge in [-0.1, -0.05) is 23.7 Å². The predicted octanol–water partition coefficient (Wildman–Crippen LogP) is 2.85. The molecule has 0 radical (unpaired) electrons. The van der Waals surface area contributed by atoms with Crippen LogP contribution in [0.25, 0.3) is 0 Å². The van der Waals surface area contributed by atoms with Crippen LogP contribution in [0.1, 0.15) is 36.0 Å². The van der Waals surface area contributed by atoms with Crippen molar-refractivity contribution in [2.75, 3.05) is 0 Å². The van der Waals surface area contributed by atoms with Crippen LogP contribution in [0, 0.1) is 5.92 Å². The molecule has 1 aliphatic carbocycles. The number of carbonyl (C=O) groups is 3. The van der Waals surface area contributed by atoms with Crippen molar-refractivity contribution in [2.24, 2.45) is 5.92 Å². The second-order valence-electron chi connectivity index (χ2n) is 4.46. The number of hydrogen-bond acceptors (Lipinski definition) is 3. The molecule has 0 saturated heterocycles. The van der Waals surface area contributed by atoms with E-state index >= 15 is 0 Å². The van der Waals surface area contributed by atoms with Gasteiger partial charge in [-0.2, -0.15) is 0 Å². The molecule has 0 N–H and O–H groups in total. The molecule has 1 aromatic carbocycles. The number of Topliss-reactive ketones (excluding diaryl/α,β-unsaturated/α-hetero) is 3. The van der Waals surface area contributed by atoms with Gasteiger partial charge in [-0.3, -0.25) is 14.4 Å². The van der Waals surface area contributed by atoms with E-state index in [-0.39, 0.29) is 23.8 Å². The van der Waals surface area contributed by atoms with Crippen molar-refractivity contribution in [3.63, 3.8) is 0 Å². The third-order valence-corrected chi connectivity index (χ3v) is 3.53. The minimum atomic E-state index is -0.573. The van der Waals surface area contributed by atoms with Crippen molar-refractivity contribution in [3.8, 4) is 0 Å². The van der Waals surface area contributed by atoms with Gasteiger partial charge in [0.15, 0.2) is 11.6 Å². The highest BCUT2D eigenvalue weighted by molar-refractivity contribution is 6.34. The fourth-order valence-electron chi connectivity index (χ4n) is 2.22. The first-order valence-electron chi connectivity index (χ1n) is 5.92. The van der Waals surface area contributed by atoms with Crippen molar-refractivity contribution < 1.29 is 14.4 Å². The molecular formula is C14H13ClO3. The van der Waals surface area contributed by atoms with Crippen molar-refractivity contribution in [2.45, 2.75) is 25.7 Å². The van der Waals surface area contributed by atoms with Gasteiger partial charge in [-0.05, 0) is 25.0 Å². The Labute approximate surface area is 110 Å². The molecule has 1 saturated carbocycles. The highest BCUT2D eigenvalue weighted by atomic mass is 35.5. The first kappa shape index (κ1) is 13.0. The topological polar surface area (TPSA) is 51.2 Å². The van der Waals surface area contributed by atoms with Gasteiger partial charge >= 0.3 is 0 Å². The maximum absolute atomic E-state index is 11.9. The summed E-state index contributed by atoms with van der Waals surface area (Å²) in [6.45, 7) is 0. The molecule has 0 spiro atoms. The standard InChI is InChI=1S/C14H13ClO3/c15-11-6-2-1-4-9(11)13(17)8-14(18)10-5-3-7-12(10)16/h1-2,4,6,10H,3,5,7-8H2. The van der Waals surface area contributed by atoms with Crippen LogP contribution in [-0.4, -0.2) is 17.3 Å². The summed E-state index contributed by atoms with van der Waals surface area (Å²) in [5.74, 6) is -1.20. The maximum Gasteiger partial charge on any atom is 0.171 e. The normalized spacial score (nSPS) is 18.9. The predicted molar refractivity (Wildman–Crippen MR) is 67.8 cm³/mol. The van der Waals surface area contributed by atoms with E-state index < -0.39 is 5.92 Å². The van der Waals surface area contributed by atoms with E-state index in [1.807, 2.05) is 0 Å². The molecule has 0 bridgehead atoms. The van der Waals surface area contributed by atoms with E-state index in [0.29, 0.717) is 23.4 Å². The molecule has 4 heteroatoms. The molecule has 94 valence electrons. The summed E-state index contributed by atoms with van der Waals surface area (Å²) in [6.07, 6.45) is 1.54. The first-order chi connectivity index (χ1) is 8.59. The molecule has 18 heavy (non-hydrogen) atoms. The number of carbonyl (C=O) groups excluding carboxylic acids is 3. The van der Waals surface area contributed by atoms with Crippen LogP contribution in [0.3, 0.4) is 0 Å². The lowest BCUT2D eigenvalue weighted by Crippen LogP contribution is -2.21. The van der Waals surface area contributed by atoms with Crippen LogP contribution in [0.2, 0.25) is 5.02 Å². The van der Waals surface area contributed by atoms with Crippen molar-refractivity contribution in [1.29, 1.82) is 0 Å². The molecule has 1 aromatic rings. The first-order valence-corrected chi connectivity index (χ1v) is 6.30. The number of benzene rings is 1. The molecule has 1 aliphatic rings. The molecule has 0 aromatic heterocycles. The zero-order valence-corrected chi connectivity index (χ0v) is 10.6. The fraction of sp³-hybridized carbons (Fsp3) is 0.357. The molecular weight excluding hydrogens is 252 g/mol. The number of rotatable bonds is 4. The van der Waals surface area contributed by atoms with Gasteiger partial charge < -0.3 is 0 Å². The van der Waals surface area contributed by atoms with Crippen molar-refractivity contribution >= 4 is 29.0 Å². The van der Waals surface area contributed by atoms with Crippen LogP contribution in [0.5, 0.6) is 0 Å². The van der Waals surface area contributed by atoms with Crippen LogP contribution in [0.4, 0.5) is 0 Å². The highest BCUT2D eigenvalue weighted by Crippen LogP contribution is 2.24. The van der Waals surface area contributed by atoms with E-state index in [2.05, 4.69) is 0 Å². The largest absolute Gasteiger partial charge is 0.299 e. The lowest BCUT2D eigenvalue weighted by Gasteiger charge is -2.07. The summed E-state index contributed by atoms with van der Waals surface area (Å²) in [5, 5.41) is 0.341. The van der Waals surface area contributed by atoms with Gasteiger partial charge in [0.25, 0.3) is 0 Å². The van der Waals surface area contributed by atoms with Gasteiger partial charge in [-0.15, -0.1) is 0 Å². The fourth-order valence-corrected chi connectivity index (χ4v) is 2.46. The van der Waals surface area contributed by atoms with Crippen LogP contribution < -0.4 is 0 Å². The third-order valence-electron chi connectivity index (χ3n) is 3.20. The van der Waals surface area contributed by atoms with Gasteiger partial charge in [0, 0.05) is 12.0 Å². The van der Waals surface area contributed by atoms with Gasteiger partial charge in [0.1, 0.15) is 5.78 Å². The summed E-state index contributed by atoms with van der Waals surface area (Å²) in [6, 6.07) is 6.63. The van der Waals surface area contributed by atoms with Gasteiger partial charge in [0.05, 0.1) is 17.4 Å². The van der Waals surface area contributed by atoms with E-state index in [0.717, 1.165) is 6.42 Å². The Bertz CT molecular complexity index is 508. The monoisotopic (exact) mass is 264 g/mol. The summed E-state index contributed by atoms with van der Waals surface area (Å²) in [4.78, 5) is 35.2. The van der Waals surface area contributed by atoms with Crippen molar-refractivity contribution in [1.82, 2.24) is 0 Å². The molecule has 1 fully saturated rings. The van der Waals surface area contributed by atoms with Crippen LogP contribution in [0.15, 0.2) is 24.3 Å². The average molecular weight is 265 g/mol. The SMILES string of the molecule is O=C(CC(=O)C1CCCC1=O)c1ccccc1Cl. The Kier molecular flexibility index (Phi) is 3.92. The summed E-state index contributed by atoms with van der Waals surface area (Å²) in [5.41, 5.74) is 0.345. The van der Waals surface area contributed by atoms with E-state index in [1.54, 1.807) is 24.3 Å². The zero-order chi connectivity index (χ0) is 13.1. The van der Waals surface area contributed by atoms with Crippen LogP contribution >= 0.6 is 11.6 Å². The number of ketones is 3. The molecule has 0 heterocycles. The Balaban J connectivity index is 2.06. The lowest BCUT2D eigenvalue weighted by molar-refractivity contribution is -0.130. The number of halogens is 1. The molecule has 0 amide bonds. The quantitative estimate of drug-likeness (QED) is 0.621. The van der Waals surface area contributed by atoms with Gasteiger partial charge in [0.2, 0.25) is 0 Å². The summed E-state index contributed by atoms with van der Waals surface area (Å²) < 4.78 is 0. The molecule has 1 unspecified atom stereocenters. The van der Waals surface area contributed by atoms with E-state index in [4.69, 9.17) is 11.6 Å². The zero-order valence-electron chi connectivity index (χ0n) is 9.82. The van der Waals surface area contributed by atoms with Crippen molar-refractivity contribution in [3.05, 3.63) is 34.9 Å². The molecule has 3 nitrogen and oxygen atoms in total.